The second-order valence-corrected chi connectivity index (χ2v) is 3.87. The molecule has 0 fully saturated rings. The molecule has 0 aromatic carbocycles. The number of aldehydes is 2. The minimum atomic E-state index is 0.441. The fourth-order valence-electron chi connectivity index (χ4n) is 1.82. The van der Waals surface area contributed by atoms with E-state index in [1.54, 1.807) is 19.2 Å². The average molecular weight is 228 g/mol. The first kappa shape index (κ1) is 11.3. The zero-order valence-electron chi connectivity index (χ0n) is 9.65. The lowest BCUT2D eigenvalue weighted by Gasteiger charge is -2.00. The van der Waals surface area contributed by atoms with Crippen LogP contribution in [0.5, 0.6) is 0 Å². The summed E-state index contributed by atoms with van der Waals surface area (Å²) in [5, 5.41) is 0. The molecule has 2 aromatic rings. The predicted octanol–water partition coefficient (Wildman–Crippen LogP) is 2.32. The molecular weight excluding hydrogens is 216 g/mol. The minimum Gasteiger partial charge on any atom is -0.352 e. The second-order valence-electron chi connectivity index (χ2n) is 3.87. The van der Waals surface area contributed by atoms with Gasteiger partial charge < -0.3 is 4.98 Å². The van der Waals surface area contributed by atoms with Crippen molar-refractivity contribution in [2.45, 2.75) is 13.8 Å². The van der Waals surface area contributed by atoms with Crippen LogP contribution in [-0.4, -0.2) is 22.5 Å². The van der Waals surface area contributed by atoms with Crippen molar-refractivity contribution < 1.29 is 9.59 Å². The normalized spacial score (nSPS) is 10.2. The van der Waals surface area contributed by atoms with Crippen molar-refractivity contribution in [2.75, 3.05) is 0 Å². The number of hydrogen-bond donors (Lipinski definition) is 1. The Hall–Kier alpha value is -2.23. The van der Waals surface area contributed by atoms with E-state index in [4.69, 9.17) is 0 Å². The van der Waals surface area contributed by atoms with E-state index in [-0.39, 0.29) is 0 Å². The Balaban J connectivity index is 2.66. The van der Waals surface area contributed by atoms with Gasteiger partial charge in [0.1, 0.15) is 0 Å². The van der Waals surface area contributed by atoms with Gasteiger partial charge in [0.25, 0.3) is 0 Å². The summed E-state index contributed by atoms with van der Waals surface area (Å²) in [4.78, 5) is 29.0. The highest BCUT2D eigenvalue weighted by molar-refractivity contribution is 5.93. The van der Waals surface area contributed by atoms with Gasteiger partial charge >= 0.3 is 0 Å². The monoisotopic (exact) mass is 228 g/mol. The van der Waals surface area contributed by atoms with E-state index < -0.39 is 0 Å². The first-order chi connectivity index (χ1) is 8.17. The molecule has 1 N–H and O–H groups in total. The standard InChI is InChI=1S/C13H12N2O2/c1-8-5-10(3-4-14-8)13-11(6-16)9(2)12(7-17)15-13/h3-7,15H,1-2H3. The Labute approximate surface area is 98.7 Å². The number of nitrogens with zero attached hydrogens (tertiary/aromatic N) is 1. The van der Waals surface area contributed by atoms with Crippen molar-refractivity contribution in [3.63, 3.8) is 0 Å². The fourth-order valence-corrected chi connectivity index (χ4v) is 1.82. The fraction of sp³-hybridized carbons (Fsp3) is 0.154. The van der Waals surface area contributed by atoms with Gasteiger partial charge in [-0.2, -0.15) is 0 Å². The summed E-state index contributed by atoms with van der Waals surface area (Å²) < 4.78 is 0. The number of aryl methyl sites for hydroxylation is 1. The number of aromatic amines is 1. The molecule has 2 heterocycles. The zero-order chi connectivity index (χ0) is 12.4. The molecule has 0 amide bonds. The van der Waals surface area contributed by atoms with Gasteiger partial charge in [-0.05, 0) is 31.5 Å². The molecule has 86 valence electrons. The molecule has 0 spiro atoms. The molecule has 17 heavy (non-hydrogen) atoms. The summed E-state index contributed by atoms with van der Waals surface area (Å²) in [6.07, 6.45) is 3.17. The molecule has 2 aromatic heterocycles. The van der Waals surface area contributed by atoms with E-state index in [0.717, 1.165) is 23.8 Å². The van der Waals surface area contributed by atoms with Crippen LogP contribution in [0.1, 0.15) is 32.1 Å². The number of carbonyl (C=O) groups is 2. The van der Waals surface area contributed by atoms with Gasteiger partial charge in [-0.3, -0.25) is 14.6 Å². The molecule has 0 aliphatic heterocycles. The Kier molecular flexibility index (Phi) is 2.87. The lowest BCUT2D eigenvalue weighted by atomic mass is 10.1. The number of rotatable bonds is 3. The van der Waals surface area contributed by atoms with Crippen molar-refractivity contribution in [3.8, 4) is 11.3 Å². The number of hydrogen-bond acceptors (Lipinski definition) is 3. The molecule has 0 aliphatic rings. The van der Waals surface area contributed by atoms with E-state index in [2.05, 4.69) is 9.97 Å². The lowest BCUT2D eigenvalue weighted by Crippen LogP contribution is -1.88. The Morgan fingerprint density at radius 3 is 2.59 bits per heavy atom. The van der Waals surface area contributed by atoms with Crippen LogP contribution in [0.4, 0.5) is 0 Å². The summed E-state index contributed by atoms with van der Waals surface area (Å²) in [5.41, 5.74) is 4.04. The summed E-state index contributed by atoms with van der Waals surface area (Å²) in [6.45, 7) is 3.63. The molecule has 0 saturated heterocycles. The number of nitrogens with one attached hydrogen (secondary N) is 1. The molecule has 2 rings (SSSR count). The van der Waals surface area contributed by atoms with Crippen molar-refractivity contribution in [1.29, 1.82) is 0 Å². The lowest BCUT2D eigenvalue weighted by molar-refractivity contribution is 0.111. The maximum atomic E-state index is 11.1. The average Bonchev–Trinajstić information content (AvgIpc) is 2.65. The summed E-state index contributed by atoms with van der Waals surface area (Å²) >= 11 is 0. The maximum Gasteiger partial charge on any atom is 0.166 e. The number of aromatic nitrogens is 2. The number of carbonyl (C=O) groups excluding carboxylic acids is 2. The van der Waals surface area contributed by atoms with Gasteiger partial charge in [0.05, 0.1) is 11.4 Å². The molecule has 4 heteroatoms. The molecule has 0 aliphatic carbocycles. The molecule has 0 saturated carbocycles. The Morgan fingerprint density at radius 1 is 1.24 bits per heavy atom. The number of H-pyrrole nitrogens is 1. The van der Waals surface area contributed by atoms with Crippen LogP contribution in [0.2, 0.25) is 0 Å². The molecule has 0 bridgehead atoms. The van der Waals surface area contributed by atoms with Crippen molar-refractivity contribution >= 4 is 12.6 Å². The first-order valence-corrected chi connectivity index (χ1v) is 5.23. The topological polar surface area (TPSA) is 62.8 Å². The quantitative estimate of drug-likeness (QED) is 0.820. The highest BCUT2D eigenvalue weighted by Crippen LogP contribution is 2.26. The summed E-state index contributed by atoms with van der Waals surface area (Å²) in [6, 6.07) is 3.67. The smallest absolute Gasteiger partial charge is 0.166 e. The van der Waals surface area contributed by atoms with Gasteiger partial charge in [-0.15, -0.1) is 0 Å². The minimum absolute atomic E-state index is 0.441. The molecule has 0 atom stereocenters. The van der Waals surface area contributed by atoms with Crippen LogP contribution >= 0.6 is 0 Å². The van der Waals surface area contributed by atoms with E-state index in [0.29, 0.717) is 22.5 Å². The van der Waals surface area contributed by atoms with E-state index >= 15 is 0 Å². The van der Waals surface area contributed by atoms with Gasteiger partial charge in [-0.25, -0.2) is 0 Å². The van der Waals surface area contributed by atoms with Crippen LogP contribution in [0, 0.1) is 13.8 Å². The second kappa shape index (κ2) is 4.33. The van der Waals surface area contributed by atoms with Crippen LogP contribution in [0.25, 0.3) is 11.3 Å². The zero-order valence-corrected chi connectivity index (χ0v) is 9.65. The van der Waals surface area contributed by atoms with Gasteiger partial charge in [0.2, 0.25) is 0 Å². The first-order valence-electron chi connectivity index (χ1n) is 5.23. The SMILES string of the molecule is Cc1cc(-c2[nH]c(C=O)c(C)c2C=O)ccn1. The highest BCUT2D eigenvalue weighted by atomic mass is 16.1. The summed E-state index contributed by atoms with van der Waals surface area (Å²) in [7, 11) is 0. The van der Waals surface area contributed by atoms with Crippen LogP contribution in [0.15, 0.2) is 18.3 Å². The van der Waals surface area contributed by atoms with Gasteiger partial charge in [-0.1, -0.05) is 0 Å². The van der Waals surface area contributed by atoms with Crippen LogP contribution in [0.3, 0.4) is 0 Å². The third-order valence-electron chi connectivity index (χ3n) is 2.76. The highest BCUT2D eigenvalue weighted by Gasteiger charge is 2.14. The van der Waals surface area contributed by atoms with Crippen molar-refractivity contribution in [2.24, 2.45) is 0 Å². The predicted molar refractivity (Wildman–Crippen MR) is 64.3 cm³/mol. The maximum absolute atomic E-state index is 11.1. The summed E-state index contributed by atoms with van der Waals surface area (Å²) in [5.74, 6) is 0. The Morgan fingerprint density at radius 2 is 2.00 bits per heavy atom. The molecule has 0 unspecified atom stereocenters. The van der Waals surface area contributed by atoms with Crippen LogP contribution in [-0.2, 0) is 0 Å². The van der Waals surface area contributed by atoms with Crippen molar-refractivity contribution in [3.05, 3.63) is 40.8 Å². The molecular formula is C13H12N2O2. The van der Waals surface area contributed by atoms with Gasteiger partial charge in [0, 0.05) is 23.0 Å². The van der Waals surface area contributed by atoms with Gasteiger partial charge in [0.15, 0.2) is 12.6 Å². The van der Waals surface area contributed by atoms with Crippen LogP contribution < -0.4 is 0 Å². The third kappa shape index (κ3) is 1.89. The van der Waals surface area contributed by atoms with E-state index in [1.165, 1.54) is 0 Å². The third-order valence-corrected chi connectivity index (χ3v) is 2.76. The number of pyridine rings is 1. The van der Waals surface area contributed by atoms with E-state index in [1.807, 2.05) is 13.0 Å². The molecule has 0 radical (unpaired) electrons. The Bertz CT molecular complexity index is 585. The largest absolute Gasteiger partial charge is 0.352 e. The van der Waals surface area contributed by atoms with E-state index in [9.17, 15) is 9.59 Å². The molecule has 4 nitrogen and oxygen atoms in total. The van der Waals surface area contributed by atoms with Crippen molar-refractivity contribution in [1.82, 2.24) is 9.97 Å².